The lowest BCUT2D eigenvalue weighted by Gasteiger charge is -2.34. The van der Waals surface area contributed by atoms with Gasteiger partial charge in [0.25, 0.3) is 0 Å². The van der Waals surface area contributed by atoms with Crippen molar-refractivity contribution in [2.45, 2.75) is 51.5 Å². The highest BCUT2D eigenvalue weighted by molar-refractivity contribution is 5.85. The molecule has 150 valence electrons. The van der Waals surface area contributed by atoms with Crippen LogP contribution in [-0.4, -0.2) is 29.9 Å². The number of amides is 1. The predicted octanol–water partition coefficient (Wildman–Crippen LogP) is 4.59. The second-order valence-electron chi connectivity index (χ2n) is 8.28. The Morgan fingerprint density at radius 3 is 2.79 bits per heavy atom. The highest BCUT2D eigenvalue weighted by atomic mass is 35.5. The van der Waals surface area contributed by atoms with E-state index in [4.69, 9.17) is 5.73 Å². The monoisotopic (exact) mass is 398 g/mol. The molecule has 1 amide bonds. The van der Waals surface area contributed by atoms with Gasteiger partial charge in [0.05, 0.1) is 0 Å². The third-order valence-electron chi connectivity index (χ3n) is 6.27. The van der Waals surface area contributed by atoms with Gasteiger partial charge in [-0.1, -0.05) is 42.5 Å². The van der Waals surface area contributed by atoms with Crippen LogP contribution in [-0.2, 0) is 17.6 Å². The normalized spacial score (nSPS) is 18.8. The van der Waals surface area contributed by atoms with Crippen LogP contribution in [0.25, 0.3) is 11.1 Å². The molecule has 2 atom stereocenters. The van der Waals surface area contributed by atoms with Crippen LogP contribution >= 0.6 is 12.4 Å². The van der Waals surface area contributed by atoms with Crippen LogP contribution in [0.2, 0.25) is 0 Å². The summed E-state index contributed by atoms with van der Waals surface area (Å²) in [5.41, 5.74) is 13.0. The lowest BCUT2D eigenvalue weighted by atomic mass is 9.92. The van der Waals surface area contributed by atoms with E-state index in [1.807, 2.05) is 4.90 Å². The standard InChI is InChI=1S/C24H30N2O.ClH/c1-17(25)21-8-5-13-26(16-21)24(27)10-4-6-18-11-12-20-15-19-7-2-3-9-22(19)23(20)14-18;/h2-3,7,9,11-12,14,17,21H,4-6,8,10,13,15-16,25H2,1H3;1H. The molecule has 2 aromatic carbocycles. The molecule has 1 aliphatic carbocycles. The Morgan fingerprint density at radius 1 is 1.18 bits per heavy atom. The van der Waals surface area contributed by atoms with Crippen LogP contribution in [0, 0.1) is 5.92 Å². The van der Waals surface area contributed by atoms with Crippen LogP contribution in [0.3, 0.4) is 0 Å². The fraction of sp³-hybridized carbons (Fsp3) is 0.458. The molecule has 0 saturated carbocycles. The van der Waals surface area contributed by atoms with Crippen LogP contribution in [0.4, 0.5) is 0 Å². The Bertz CT molecular complexity index is 833. The molecule has 2 unspecified atom stereocenters. The predicted molar refractivity (Wildman–Crippen MR) is 118 cm³/mol. The van der Waals surface area contributed by atoms with Gasteiger partial charge in [-0.25, -0.2) is 0 Å². The van der Waals surface area contributed by atoms with Gasteiger partial charge in [-0.05, 0) is 72.8 Å². The van der Waals surface area contributed by atoms with Gasteiger partial charge in [-0.15, -0.1) is 12.4 Å². The highest BCUT2D eigenvalue weighted by Crippen LogP contribution is 2.37. The number of aryl methyl sites for hydroxylation is 1. The molecule has 1 saturated heterocycles. The minimum atomic E-state index is 0. The van der Waals surface area contributed by atoms with Gasteiger partial charge in [-0.3, -0.25) is 4.79 Å². The highest BCUT2D eigenvalue weighted by Gasteiger charge is 2.25. The van der Waals surface area contributed by atoms with E-state index >= 15 is 0 Å². The second-order valence-corrected chi connectivity index (χ2v) is 8.28. The third-order valence-corrected chi connectivity index (χ3v) is 6.27. The lowest BCUT2D eigenvalue weighted by Crippen LogP contribution is -2.45. The Balaban J connectivity index is 0.00000225. The minimum absolute atomic E-state index is 0. The quantitative estimate of drug-likeness (QED) is 0.683. The number of fused-ring (bicyclic) bond motifs is 3. The zero-order valence-electron chi connectivity index (χ0n) is 16.7. The first-order valence-corrected chi connectivity index (χ1v) is 10.4. The van der Waals surface area contributed by atoms with Crippen molar-refractivity contribution in [1.29, 1.82) is 0 Å². The zero-order valence-corrected chi connectivity index (χ0v) is 17.5. The van der Waals surface area contributed by atoms with Gasteiger partial charge in [0.1, 0.15) is 0 Å². The summed E-state index contributed by atoms with van der Waals surface area (Å²) in [6.07, 6.45) is 5.80. The van der Waals surface area contributed by atoms with Crippen molar-refractivity contribution in [3.8, 4) is 11.1 Å². The van der Waals surface area contributed by atoms with Gasteiger partial charge in [0.2, 0.25) is 5.91 Å². The van der Waals surface area contributed by atoms with E-state index in [-0.39, 0.29) is 18.4 Å². The first-order valence-electron chi connectivity index (χ1n) is 10.4. The Morgan fingerprint density at radius 2 is 1.96 bits per heavy atom. The number of likely N-dealkylation sites (tertiary alicyclic amines) is 1. The summed E-state index contributed by atoms with van der Waals surface area (Å²) in [7, 11) is 0. The summed E-state index contributed by atoms with van der Waals surface area (Å²) in [5, 5.41) is 0. The first kappa shape index (κ1) is 20.9. The van der Waals surface area contributed by atoms with Gasteiger partial charge in [-0.2, -0.15) is 0 Å². The van der Waals surface area contributed by atoms with E-state index in [2.05, 4.69) is 49.4 Å². The van der Waals surface area contributed by atoms with Crippen molar-refractivity contribution in [2.75, 3.05) is 13.1 Å². The number of piperidine rings is 1. The maximum absolute atomic E-state index is 12.6. The van der Waals surface area contributed by atoms with Crippen LogP contribution in [0.5, 0.6) is 0 Å². The molecule has 0 radical (unpaired) electrons. The van der Waals surface area contributed by atoms with Crippen molar-refractivity contribution >= 4 is 18.3 Å². The van der Waals surface area contributed by atoms with Crippen LogP contribution in [0.15, 0.2) is 42.5 Å². The largest absolute Gasteiger partial charge is 0.342 e. The molecule has 2 aromatic rings. The molecule has 2 N–H and O–H groups in total. The minimum Gasteiger partial charge on any atom is -0.342 e. The maximum atomic E-state index is 12.6. The Hall–Kier alpha value is -1.84. The van der Waals surface area contributed by atoms with Crippen molar-refractivity contribution in [2.24, 2.45) is 11.7 Å². The average molecular weight is 399 g/mol. The van der Waals surface area contributed by atoms with Crippen molar-refractivity contribution in [3.63, 3.8) is 0 Å². The van der Waals surface area contributed by atoms with Gasteiger partial charge < -0.3 is 10.6 Å². The molecule has 1 aliphatic heterocycles. The van der Waals surface area contributed by atoms with E-state index in [1.54, 1.807) is 0 Å². The smallest absolute Gasteiger partial charge is 0.222 e. The number of carbonyl (C=O) groups is 1. The summed E-state index contributed by atoms with van der Waals surface area (Å²) in [4.78, 5) is 14.6. The Labute approximate surface area is 174 Å². The Kier molecular flexibility index (Phi) is 6.79. The molecule has 4 rings (SSSR count). The molecule has 0 aromatic heterocycles. The first-order chi connectivity index (χ1) is 13.1. The van der Waals surface area contributed by atoms with E-state index in [0.29, 0.717) is 18.2 Å². The molecule has 4 heteroatoms. The molecule has 3 nitrogen and oxygen atoms in total. The summed E-state index contributed by atoms with van der Waals surface area (Å²) >= 11 is 0. The van der Waals surface area contributed by atoms with Gasteiger partial charge in [0.15, 0.2) is 0 Å². The van der Waals surface area contributed by atoms with E-state index in [0.717, 1.165) is 45.2 Å². The fourth-order valence-electron chi connectivity index (χ4n) is 4.59. The van der Waals surface area contributed by atoms with Crippen LogP contribution in [0.1, 0.15) is 49.3 Å². The second kappa shape index (κ2) is 9.11. The fourth-order valence-corrected chi connectivity index (χ4v) is 4.59. The molecular weight excluding hydrogens is 368 g/mol. The van der Waals surface area contributed by atoms with Crippen LogP contribution < -0.4 is 5.73 Å². The number of hydrogen-bond acceptors (Lipinski definition) is 2. The topological polar surface area (TPSA) is 46.3 Å². The summed E-state index contributed by atoms with van der Waals surface area (Å²) in [6.45, 7) is 3.80. The molecular formula is C24H31ClN2O. The van der Waals surface area contributed by atoms with Gasteiger partial charge >= 0.3 is 0 Å². The van der Waals surface area contributed by atoms with Crippen molar-refractivity contribution in [1.82, 2.24) is 4.90 Å². The van der Waals surface area contributed by atoms with E-state index in [9.17, 15) is 4.79 Å². The summed E-state index contributed by atoms with van der Waals surface area (Å²) in [6, 6.07) is 15.7. The molecule has 0 bridgehead atoms. The molecule has 28 heavy (non-hydrogen) atoms. The number of carbonyl (C=O) groups excluding carboxylic acids is 1. The molecule has 1 fully saturated rings. The number of nitrogens with zero attached hydrogens (tertiary/aromatic N) is 1. The lowest BCUT2D eigenvalue weighted by molar-refractivity contribution is -0.133. The molecule has 1 heterocycles. The number of halogens is 1. The zero-order chi connectivity index (χ0) is 18.8. The SMILES string of the molecule is CC(N)C1CCCN(C(=O)CCCc2ccc3c(c2)-c2ccccc2C3)C1.Cl. The molecule has 2 aliphatic rings. The summed E-state index contributed by atoms with van der Waals surface area (Å²) in [5.74, 6) is 0.756. The third kappa shape index (κ3) is 4.42. The van der Waals surface area contributed by atoms with Gasteiger partial charge in [0, 0.05) is 25.6 Å². The van der Waals surface area contributed by atoms with E-state index < -0.39 is 0 Å². The number of hydrogen-bond donors (Lipinski definition) is 1. The number of benzene rings is 2. The maximum Gasteiger partial charge on any atom is 0.222 e. The molecule has 0 spiro atoms. The summed E-state index contributed by atoms with van der Waals surface area (Å²) < 4.78 is 0. The van der Waals surface area contributed by atoms with Crippen molar-refractivity contribution in [3.05, 3.63) is 59.2 Å². The average Bonchev–Trinajstić information content (AvgIpc) is 3.06. The van der Waals surface area contributed by atoms with E-state index in [1.165, 1.54) is 27.8 Å². The number of rotatable bonds is 5. The number of nitrogens with two attached hydrogens (primary N) is 1. The van der Waals surface area contributed by atoms with Crippen molar-refractivity contribution < 1.29 is 4.79 Å².